The van der Waals surface area contributed by atoms with Gasteiger partial charge in [0.05, 0.1) is 16.5 Å². The number of benzene rings is 1. The first kappa shape index (κ1) is 17.6. The Balaban J connectivity index is 1.62. The number of fused-ring (bicyclic) bond motifs is 1. The molecule has 1 aliphatic carbocycles. The standard InChI is InChI=1S/C21H21N3O2S/c1-15-2-9-21(23-27(25,26)20-7-3-16(14-22)4-8-20)24-11-10-18(17-5-6-17)13-19(24)12-15/h2-4,7-10,13,17,23H,5-6,11-12H2,1H3. The molecule has 1 N–H and O–H groups in total. The molecule has 0 aromatic heterocycles. The van der Waals surface area contributed by atoms with Crippen molar-refractivity contribution in [3.05, 3.63) is 76.8 Å². The van der Waals surface area contributed by atoms with Crippen molar-refractivity contribution in [2.24, 2.45) is 5.92 Å². The lowest BCUT2D eigenvalue weighted by Crippen LogP contribution is -2.36. The summed E-state index contributed by atoms with van der Waals surface area (Å²) >= 11 is 0. The second-order valence-electron chi connectivity index (χ2n) is 7.21. The smallest absolute Gasteiger partial charge is 0.263 e. The fourth-order valence-electron chi connectivity index (χ4n) is 3.39. The number of sulfonamides is 1. The van der Waals surface area contributed by atoms with Gasteiger partial charge in [0.2, 0.25) is 0 Å². The van der Waals surface area contributed by atoms with Crippen molar-refractivity contribution in [3.63, 3.8) is 0 Å². The Morgan fingerprint density at radius 2 is 1.93 bits per heavy atom. The van der Waals surface area contributed by atoms with E-state index in [-0.39, 0.29) is 4.90 Å². The molecule has 0 unspecified atom stereocenters. The van der Waals surface area contributed by atoms with Crippen LogP contribution in [0.2, 0.25) is 0 Å². The molecule has 5 nitrogen and oxygen atoms in total. The number of hydrogen-bond acceptors (Lipinski definition) is 4. The van der Waals surface area contributed by atoms with Crippen LogP contribution in [-0.2, 0) is 10.0 Å². The minimum atomic E-state index is -3.73. The van der Waals surface area contributed by atoms with Gasteiger partial charge in [-0.25, -0.2) is 8.42 Å². The molecule has 1 aromatic carbocycles. The van der Waals surface area contributed by atoms with E-state index in [1.807, 2.05) is 23.1 Å². The van der Waals surface area contributed by atoms with E-state index in [0.717, 1.165) is 12.1 Å². The predicted octanol–water partition coefficient (Wildman–Crippen LogP) is 3.56. The van der Waals surface area contributed by atoms with Crippen LogP contribution in [0, 0.1) is 17.2 Å². The van der Waals surface area contributed by atoms with Gasteiger partial charge < -0.3 is 4.90 Å². The molecule has 4 rings (SSSR count). The largest absolute Gasteiger partial charge is 0.327 e. The molecule has 0 bridgehead atoms. The molecule has 2 heterocycles. The van der Waals surface area contributed by atoms with Crippen molar-refractivity contribution in [1.82, 2.24) is 9.62 Å². The highest BCUT2D eigenvalue weighted by Gasteiger charge is 2.30. The van der Waals surface area contributed by atoms with E-state index in [9.17, 15) is 8.42 Å². The molecule has 3 aliphatic rings. The van der Waals surface area contributed by atoms with Crippen molar-refractivity contribution < 1.29 is 8.42 Å². The van der Waals surface area contributed by atoms with Crippen LogP contribution in [0.3, 0.4) is 0 Å². The van der Waals surface area contributed by atoms with Crippen molar-refractivity contribution in [2.75, 3.05) is 6.54 Å². The summed E-state index contributed by atoms with van der Waals surface area (Å²) in [5.41, 5.74) is 4.13. The lowest BCUT2D eigenvalue weighted by molar-refractivity contribution is 0.434. The van der Waals surface area contributed by atoms with E-state index < -0.39 is 10.0 Å². The Bertz CT molecular complexity index is 1030. The van der Waals surface area contributed by atoms with Crippen molar-refractivity contribution in [2.45, 2.75) is 31.1 Å². The van der Waals surface area contributed by atoms with Crippen LogP contribution >= 0.6 is 0 Å². The maximum absolute atomic E-state index is 12.8. The Hall–Kier alpha value is -2.78. The summed E-state index contributed by atoms with van der Waals surface area (Å²) in [5, 5.41) is 8.89. The molecule has 0 saturated heterocycles. The van der Waals surface area contributed by atoms with E-state index in [4.69, 9.17) is 5.26 Å². The number of allylic oxidation sites excluding steroid dienone is 5. The second-order valence-corrected chi connectivity index (χ2v) is 8.89. The molecule has 0 amide bonds. The summed E-state index contributed by atoms with van der Waals surface area (Å²) in [6.07, 6.45) is 11.5. The number of rotatable bonds is 4. The highest BCUT2D eigenvalue weighted by Crippen LogP contribution is 2.40. The van der Waals surface area contributed by atoms with Gasteiger partial charge in [0.15, 0.2) is 0 Å². The molecule has 6 heteroatoms. The first-order chi connectivity index (χ1) is 13.0. The number of nitriles is 1. The van der Waals surface area contributed by atoms with Crippen LogP contribution in [0.25, 0.3) is 0 Å². The van der Waals surface area contributed by atoms with Crippen molar-refractivity contribution in [1.29, 1.82) is 5.26 Å². The van der Waals surface area contributed by atoms with Crippen molar-refractivity contribution >= 4 is 10.0 Å². The molecule has 2 aliphatic heterocycles. The molecular weight excluding hydrogens is 358 g/mol. The normalized spacial score (nSPS) is 19.6. The lowest BCUT2D eigenvalue weighted by Gasteiger charge is -2.31. The van der Waals surface area contributed by atoms with Crippen LogP contribution < -0.4 is 4.72 Å². The molecule has 0 radical (unpaired) electrons. The third-order valence-corrected chi connectivity index (χ3v) is 6.42. The van der Waals surface area contributed by atoms with Crippen LogP contribution in [0.1, 0.15) is 31.7 Å². The third kappa shape index (κ3) is 3.69. The summed E-state index contributed by atoms with van der Waals surface area (Å²) in [4.78, 5) is 2.17. The molecular formula is C21H21N3O2S. The number of hydrogen-bond donors (Lipinski definition) is 1. The number of nitrogens with one attached hydrogen (secondary N) is 1. The summed E-state index contributed by atoms with van der Waals surface area (Å²) in [5.74, 6) is 1.23. The van der Waals surface area contributed by atoms with Crippen LogP contribution in [-0.4, -0.2) is 19.9 Å². The fraction of sp³-hybridized carbons (Fsp3) is 0.286. The predicted molar refractivity (Wildman–Crippen MR) is 104 cm³/mol. The van der Waals surface area contributed by atoms with Gasteiger partial charge in [-0.2, -0.15) is 5.26 Å². The minimum absolute atomic E-state index is 0.143. The van der Waals surface area contributed by atoms with E-state index in [2.05, 4.69) is 23.8 Å². The molecule has 0 spiro atoms. The molecule has 1 saturated carbocycles. The maximum atomic E-state index is 12.8. The van der Waals surface area contributed by atoms with Gasteiger partial charge in [-0.05, 0) is 67.7 Å². The molecule has 1 aromatic rings. The first-order valence-electron chi connectivity index (χ1n) is 9.05. The van der Waals surface area contributed by atoms with Gasteiger partial charge in [0.25, 0.3) is 10.0 Å². The first-order valence-corrected chi connectivity index (χ1v) is 10.5. The highest BCUT2D eigenvalue weighted by atomic mass is 32.2. The zero-order chi connectivity index (χ0) is 19.0. The SMILES string of the molecule is CC1=CC=C(NS(=O)(=O)c2ccc(C#N)cc2)N2CC=C(C3CC3)C=C2C1. The monoisotopic (exact) mass is 379 g/mol. The van der Waals surface area contributed by atoms with Crippen LogP contribution in [0.5, 0.6) is 0 Å². The Morgan fingerprint density at radius 3 is 2.59 bits per heavy atom. The van der Waals surface area contributed by atoms with Crippen molar-refractivity contribution in [3.8, 4) is 6.07 Å². The Kier molecular flexibility index (Phi) is 4.40. The maximum Gasteiger partial charge on any atom is 0.263 e. The van der Waals surface area contributed by atoms with Crippen LogP contribution in [0.15, 0.2) is 76.1 Å². The zero-order valence-electron chi connectivity index (χ0n) is 15.1. The van der Waals surface area contributed by atoms with Gasteiger partial charge >= 0.3 is 0 Å². The van der Waals surface area contributed by atoms with E-state index >= 15 is 0 Å². The average Bonchev–Trinajstić information content (AvgIpc) is 3.50. The van der Waals surface area contributed by atoms with Gasteiger partial charge in [-0.3, -0.25) is 4.72 Å². The quantitative estimate of drug-likeness (QED) is 0.868. The zero-order valence-corrected chi connectivity index (χ0v) is 16.0. The van der Waals surface area contributed by atoms with Gasteiger partial charge in [-0.1, -0.05) is 17.7 Å². The van der Waals surface area contributed by atoms with E-state index in [1.165, 1.54) is 48.3 Å². The molecule has 1 fully saturated rings. The minimum Gasteiger partial charge on any atom is -0.327 e. The summed E-state index contributed by atoms with van der Waals surface area (Å²) in [6.45, 7) is 2.73. The Labute approximate surface area is 160 Å². The molecule has 138 valence electrons. The van der Waals surface area contributed by atoms with Gasteiger partial charge in [-0.15, -0.1) is 0 Å². The van der Waals surface area contributed by atoms with Gasteiger partial charge in [0, 0.05) is 18.7 Å². The van der Waals surface area contributed by atoms with Gasteiger partial charge in [0.1, 0.15) is 5.82 Å². The van der Waals surface area contributed by atoms with E-state index in [1.54, 1.807) is 0 Å². The van der Waals surface area contributed by atoms with Crippen LogP contribution in [0.4, 0.5) is 0 Å². The van der Waals surface area contributed by atoms with E-state index in [0.29, 0.717) is 23.8 Å². The molecule has 0 atom stereocenters. The highest BCUT2D eigenvalue weighted by molar-refractivity contribution is 7.89. The Morgan fingerprint density at radius 1 is 1.19 bits per heavy atom. The lowest BCUT2D eigenvalue weighted by atomic mass is 10.0. The fourth-order valence-corrected chi connectivity index (χ4v) is 4.46. The summed E-state index contributed by atoms with van der Waals surface area (Å²) < 4.78 is 28.4. The average molecular weight is 379 g/mol. The molecule has 27 heavy (non-hydrogen) atoms. The second kappa shape index (κ2) is 6.75. The summed E-state index contributed by atoms with van der Waals surface area (Å²) in [7, 11) is -3.73. The summed E-state index contributed by atoms with van der Waals surface area (Å²) in [6, 6.07) is 7.93. The topological polar surface area (TPSA) is 73.2 Å². The number of nitrogens with zero attached hydrogens (tertiary/aromatic N) is 2. The third-order valence-electron chi connectivity index (χ3n) is 5.05.